The van der Waals surface area contributed by atoms with Gasteiger partial charge in [0.25, 0.3) is 0 Å². The third-order valence-corrected chi connectivity index (χ3v) is 4.23. The highest BCUT2D eigenvalue weighted by Gasteiger charge is 2.13. The van der Waals surface area contributed by atoms with Crippen LogP contribution in [0.2, 0.25) is 0 Å². The molecule has 1 saturated heterocycles. The molecule has 1 aliphatic heterocycles. The van der Waals surface area contributed by atoms with E-state index in [-0.39, 0.29) is 0 Å². The van der Waals surface area contributed by atoms with Crippen LogP contribution in [0.15, 0.2) is 55.1 Å². The average molecular weight is 320 g/mol. The van der Waals surface area contributed by atoms with E-state index in [1.54, 1.807) is 17.1 Å². The van der Waals surface area contributed by atoms with Gasteiger partial charge in [0.1, 0.15) is 5.82 Å². The highest BCUT2D eigenvalue weighted by atomic mass is 15.3. The number of hydrogen-bond donors (Lipinski definition) is 1. The van der Waals surface area contributed by atoms with Gasteiger partial charge in [-0.15, -0.1) is 0 Å². The summed E-state index contributed by atoms with van der Waals surface area (Å²) in [5.41, 5.74) is 2.10. The molecule has 0 aliphatic carbocycles. The molecule has 0 saturated carbocycles. The summed E-state index contributed by atoms with van der Waals surface area (Å²) in [6.07, 6.45) is 9.89. The smallest absolute Gasteiger partial charge is 0.176 e. The summed E-state index contributed by atoms with van der Waals surface area (Å²) in [5.74, 6) is 1.87. The van der Waals surface area contributed by atoms with Crippen LogP contribution in [-0.4, -0.2) is 32.8 Å². The van der Waals surface area contributed by atoms with Crippen LogP contribution in [0.4, 0.5) is 11.5 Å². The number of rotatable bonds is 5. The lowest BCUT2D eigenvalue weighted by Crippen LogP contribution is -2.18. The standard InChI is InChI=1S/C18H20N6/c1-2-11-23(10-1)17-7-6-15(14-21-17)13-20-16-5-3-8-19-18(16)24-12-4-9-22-24/h3-9,12,14,20H,1-2,10-11,13H2. The zero-order chi connectivity index (χ0) is 16.2. The molecular formula is C18H20N6. The Morgan fingerprint density at radius 2 is 1.92 bits per heavy atom. The molecule has 0 atom stereocenters. The van der Waals surface area contributed by atoms with E-state index in [0.29, 0.717) is 6.54 Å². The number of pyridine rings is 2. The van der Waals surface area contributed by atoms with Crippen molar-refractivity contribution in [1.29, 1.82) is 0 Å². The minimum atomic E-state index is 0.702. The van der Waals surface area contributed by atoms with E-state index < -0.39 is 0 Å². The Balaban J connectivity index is 1.45. The number of aromatic nitrogens is 4. The summed E-state index contributed by atoms with van der Waals surface area (Å²) in [5, 5.41) is 7.68. The van der Waals surface area contributed by atoms with Crippen molar-refractivity contribution in [2.24, 2.45) is 0 Å². The summed E-state index contributed by atoms with van der Waals surface area (Å²) in [6.45, 7) is 2.94. The van der Waals surface area contributed by atoms with Crippen LogP contribution in [0, 0.1) is 0 Å². The molecule has 1 aliphatic rings. The molecule has 0 bridgehead atoms. The second-order valence-electron chi connectivity index (χ2n) is 5.90. The van der Waals surface area contributed by atoms with Crippen molar-refractivity contribution >= 4 is 11.5 Å². The first-order chi connectivity index (χ1) is 11.9. The monoisotopic (exact) mass is 320 g/mol. The number of anilines is 2. The molecule has 1 N–H and O–H groups in total. The fourth-order valence-corrected chi connectivity index (χ4v) is 2.96. The van der Waals surface area contributed by atoms with Crippen molar-refractivity contribution in [2.75, 3.05) is 23.3 Å². The molecule has 0 amide bonds. The SMILES string of the molecule is c1cnc(-n2cccn2)c(NCc2ccc(N3CCCC3)nc2)c1. The molecule has 4 rings (SSSR count). The Labute approximate surface area is 141 Å². The predicted octanol–water partition coefficient (Wildman–Crippen LogP) is 2.87. The average Bonchev–Trinajstić information content (AvgIpc) is 3.34. The number of nitrogens with zero attached hydrogens (tertiary/aromatic N) is 5. The quantitative estimate of drug-likeness (QED) is 0.783. The topological polar surface area (TPSA) is 58.9 Å². The molecule has 0 unspecified atom stereocenters. The van der Waals surface area contributed by atoms with Crippen LogP contribution < -0.4 is 10.2 Å². The van der Waals surface area contributed by atoms with Gasteiger partial charge in [-0.05, 0) is 42.7 Å². The maximum atomic E-state index is 4.60. The Hall–Kier alpha value is -2.89. The Morgan fingerprint density at radius 1 is 1.00 bits per heavy atom. The van der Waals surface area contributed by atoms with E-state index in [1.807, 2.05) is 30.6 Å². The van der Waals surface area contributed by atoms with Crippen LogP contribution in [0.5, 0.6) is 0 Å². The van der Waals surface area contributed by atoms with E-state index in [0.717, 1.165) is 36.0 Å². The molecule has 3 aromatic heterocycles. The molecule has 0 radical (unpaired) electrons. The summed E-state index contributed by atoms with van der Waals surface area (Å²) in [6, 6.07) is 10.1. The normalized spacial score (nSPS) is 14.1. The molecule has 0 spiro atoms. The maximum Gasteiger partial charge on any atom is 0.176 e. The molecular weight excluding hydrogens is 300 g/mol. The molecule has 4 heterocycles. The van der Waals surface area contributed by atoms with Crippen molar-refractivity contribution in [2.45, 2.75) is 19.4 Å². The summed E-state index contributed by atoms with van der Waals surface area (Å²) in [4.78, 5) is 11.4. The van der Waals surface area contributed by atoms with Gasteiger partial charge in [-0.2, -0.15) is 5.10 Å². The lowest BCUT2D eigenvalue weighted by Gasteiger charge is -2.16. The van der Waals surface area contributed by atoms with E-state index >= 15 is 0 Å². The molecule has 24 heavy (non-hydrogen) atoms. The molecule has 6 nitrogen and oxygen atoms in total. The van der Waals surface area contributed by atoms with Gasteiger partial charge in [-0.3, -0.25) is 0 Å². The van der Waals surface area contributed by atoms with Crippen molar-refractivity contribution < 1.29 is 0 Å². The molecule has 6 heteroatoms. The second kappa shape index (κ2) is 6.70. The molecule has 3 aromatic rings. The minimum Gasteiger partial charge on any atom is -0.378 e. The zero-order valence-electron chi connectivity index (χ0n) is 13.5. The zero-order valence-corrected chi connectivity index (χ0v) is 13.5. The van der Waals surface area contributed by atoms with E-state index in [9.17, 15) is 0 Å². The number of nitrogens with one attached hydrogen (secondary N) is 1. The summed E-state index contributed by atoms with van der Waals surface area (Å²) in [7, 11) is 0. The second-order valence-corrected chi connectivity index (χ2v) is 5.90. The highest BCUT2D eigenvalue weighted by Crippen LogP contribution is 2.19. The van der Waals surface area contributed by atoms with Crippen molar-refractivity contribution in [3.63, 3.8) is 0 Å². The summed E-state index contributed by atoms with van der Waals surface area (Å²) >= 11 is 0. The van der Waals surface area contributed by atoms with E-state index in [2.05, 4.69) is 37.4 Å². The largest absolute Gasteiger partial charge is 0.378 e. The van der Waals surface area contributed by atoms with Crippen LogP contribution in [0.3, 0.4) is 0 Å². The molecule has 122 valence electrons. The third-order valence-electron chi connectivity index (χ3n) is 4.23. The van der Waals surface area contributed by atoms with Crippen LogP contribution in [-0.2, 0) is 6.54 Å². The third kappa shape index (κ3) is 3.08. The van der Waals surface area contributed by atoms with Gasteiger partial charge < -0.3 is 10.2 Å². The van der Waals surface area contributed by atoms with Gasteiger partial charge in [0, 0.05) is 44.4 Å². The molecule has 1 fully saturated rings. The van der Waals surface area contributed by atoms with Crippen LogP contribution in [0.1, 0.15) is 18.4 Å². The Kier molecular flexibility index (Phi) is 4.10. The van der Waals surface area contributed by atoms with Gasteiger partial charge >= 0.3 is 0 Å². The van der Waals surface area contributed by atoms with Gasteiger partial charge in [-0.1, -0.05) is 6.07 Å². The van der Waals surface area contributed by atoms with Crippen molar-refractivity contribution in [1.82, 2.24) is 19.7 Å². The fourth-order valence-electron chi connectivity index (χ4n) is 2.96. The maximum absolute atomic E-state index is 4.60. The lowest BCUT2D eigenvalue weighted by atomic mass is 10.2. The van der Waals surface area contributed by atoms with Crippen LogP contribution >= 0.6 is 0 Å². The Morgan fingerprint density at radius 3 is 2.67 bits per heavy atom. The Bertz CT molecular complexity index is 776. The first-order valence-electron chi connectivity index (χ1n) is 8.29. The molecule has 0 aromatic carbocycles. The van der Waals surface area contributed by atoms with Gasteiger partial charge in [0.15, 0.2) is 5.82 Å². The van der Waals surface area contributed by atoms with Gasteiger partial charge in [0.05, 0.1) is 5.69 Å². The van der Waals surface area contributed by atoms with Crippen LogP contribution in [0.25, 0.3) is 5.82 Å². The van der Waals surface area contributed by atoms with Gasteiger partial charge in [-0.25, -0.2) is 14.6 Å². The van der Waals surface area contributed by atoms with E-state index in [4.69, 9.17) is 0 Å². The van der Waals surface area contributed by atoms with Crippen molar-refractivity contribution in [3.8, 4) is 5.82 Å². The van der Waals surface area contributed by atoms with Gasteiger partial charge in [0.2, 0.25) is 0 Å². The predicted molar refractivity (Wildman–Crippen MR) is 94.4 cm³/mol. The van der Waals surface area contributed by atoms with E-state index in [1.165, 1.54) is 12.8 Å². The highest BCUT2D eigenvalue weighted by molar-refractivity contribution is 5.56. The fraction of sp³-hybridized carbons (Fsp3) is 0.278. The lowest BCUT2D eigenvalue weighted by molar-refractivity contribution is 0.846. The number of hydrogen-bond acceptors (Lipinski definition) is 5. The first-order valence-corrected chi connectivity index (χ1v) is 8.29. The summed E-state index contributed by atoms with van der Waals surface area (Å²) < 4.78 is 1.76. The minimum absolute atomic E-state index is 0.702. The first kappa shape index (κ1) is 14.7. The van der Waals surface area contributed by atoms with Crippen molar-refractivity contribution in [3.05, 3.63) is 60.7 Å².